The molecule has 0 saturated carbocycles. The van der Waals surface area contributed by atoms with Crippen LogP contribution in [0.15, 0.2) is 36.4 Å². The lowest BCUT2D eigenvalue weighted by Gasteiger charge is -2.09. The Kier molecular flexibility index (Phi) is 4.75. The van der Waals surface area contributed by atoms with E-state index in [0.717, 1.165) is 6.07 Å². The van der Waals surface area contributed by atoms with Crippen molar-refractivity contribution < 1.29 is 23.0 Å². The van der Waals surface area contributed by atoms with Crippen LogP contribution in [-0.4, -0.2) is 13.1 Å². The third-order valence-electron chi connectivity index (χ3n) is 2.67. The van der Waals surface area contributed by atoms with E-state index in [1.165, 1.54) is 37.4 Å². The van der Waals surface area contributed by atoms with E-state index >= 15 is 0 Å². The zero-order valence-electron chi connectivity index (χ0n) is 11.0. The number of carbonyl (C=O) groups is 1. The molecule has 0 atom stereocenters. The van der Waals surface area contributed by atoms with Gasteiger partial charge in [-0.15, -0.1) is 0 Å². The van der Waals surface area contributed by atoms with E-state index in [4.69, 9.17) is 16.3 Å². The number of benzene rings is 2. The van der Waals surface area contributed by atoms with Crippen LogP contribution in [0.3, 0.4) is 0 Å². The summed E-state index contributed by atoms with van der Waals surface area (Å²) in [6, 6.07) is 7.49. The van der Waals surface area contributed by atoms with Gasteiger partial charge in [0.2, 0.25) is 0 Å². The summed E-state index contributed by atoms with van der Waals surface area (Å²) < 4.78 is 36.0. The number of ether oxygens (including phenoxy) is 2. The smallest absolute Gasteiger partial charge is 0.337 e. The highest BCUT2D eigenvalue weighted by atomic mass is 35.5. The van der Waals surface area contributed by atoms with E-state index in [1.807, 2.05) is 0 Å². The van der Waals surface area contributed by atoms with Crippen molar-refractivity contribution >= 4 is 17.6 Å². The Morgan fingerprint density at radius 2 is 1.81 bits per heavy atom. The van der Waals surface area contributed by atoms with Crippen molar-refractivity contribution in [3.63, 3.8) is 0 Å². The number of esters is 1. The van der Waals surface area contributed by atoms with Gasteiger partial charge >= 0.3 is 5.97 Å². The van der Waals surface area contributed by atoms with Gasteiger partial charge in [0.15, 0.2) is 0 Å². The maximum absolute atomic E-state index is 13.0. The van der Waals surface area contributed by atoms with Gasteiger partial charge in [0.05, 0.1) is 17.7 Å². The second-order valence-electron chi connectivity index (χ2n) is 4.20. The van der Waals surface area contributed by atoms with Gasteiger partial charge < -0.3 is 9.47 Å². The minimum atomic E-state index is -0.680. The molecule has 0 fully saturated rings. The standard InChI is InChI=1S/C15H11ClF2O3/c1-20-15(19)10-2-3-14(13(16)6-10)21-8-9-4-11(17)7-12(18)5-9/h2-7H,8H2,1H3. The fourth-order valence-corrected chi connectivity index (χ4v) is 1.95. The summed E-state index contributed by atoms with van der Waals surface area (Å²) in [6.07, 6.45) is 0. The van der Waals surface area contributed by atoms with E-state index in [1.54, 1.807) is 0 Å². The average molecular weight is 313 g/mol. The molecule has 21 heavy (non-hydrogen) atoms. The molecule has 0 unspecified atom stereocenters. The molecule has 2 aromatic carbocycles. The van der Waals surface area contributed by atoms with Gasteiger partial charge in [0, 0.05) is 6.07 Å². The number of hydrogen-bond acceptors (Lipinski definition) is 3. The number of rotatable bonds is 4. The summed E-state index contributed by atoms with van der Waals surface area (Å²) in [4.78, 5) is 11.3. The van der Waals surface area contributed by atoms with Gasteiger partial charge in [0.1, 0.15) is 24.0 Å². The fourth-order valence-electron chi connectivity index (χ4n) is 1.72. The van der Waals surface area contributed by atoms with Crippen molar-refractivity contribution in [1.82, 2.24) is 0 Å². The molecule has 0 bridgehead atoms. The average Bonchev–Trinajstić information content (AvgIpc) is 2.44. The van der Waals surface area contributed by atoms with Crippen molar-refractivity contribution in [2.24, 2.45) is 0 Å². The fraction of sp³-hybridized carbons (Fsp3) is 0.133. The Morgan fingerprint density at radius 1 is 1.14 bits per heavy atom. The number of carbonyl (C=O) groups excluding carboxylic acids is 1. The van der Waals surface area contributed by atoms with Crippen LogP contribution in [-0.2, 0) is 11.3 Å². The monoisotopic (exact) mass is 312 g/mol. The Labute approximate surface area is 125 Å². The Hall–Kier alpha value is -2.14. The summed E-state index contributed by atoms with van der Waals surface area (Å²) in [7, 11) is 1.26. The molecule has 2 rings (SSSR count). The van der Waals surface area contributed by atoms with Gasteiger partial charge in [0.25, 0.3) is 0 Å². The molecule has 110 valence electrons. The highest BCUT2D eigenvalue weighted by molar-refractivity contribution is 6.32. The quantitative estimate of drug-likeness (QED) is 0.801. The summed E-state index contributed by atoms with van der Waals surface area (Å²) in [5.74, 6) is -1.58. The first-order chi connectivity index (χ1) is 9.99. The molecule has 0 amide bonds. The zero-order chi connectivity index (χ0) is 15.4. The molecular weight excluding hydrogens is 302 g/mol. The van der Waals surface area contributed by atoms with Crippen molar-refractivity contribution in [1.29, 1.82) is 0 Å². The van der Waals surface area contributed by atoms with E-state index in [-0.39, 0.29) is 17.2 Å². The first-order valence-electron chi connectivity index (χ1n) is 5.95. The predicted octanol–water partition coefficient (Wildman–Crippen LogP) is 3.98. The van der Waals surface area contributed by atoms with E-state index in [0.29, 0.717) is 11.3 Å². The molecule has 0 spiro atoms. The molecule has 0 saturated heterocycles. The number of halogens is 3. The first kappa shape index (κ1) is 15.3. The summed E-state index contributed by atoms with van der Waals surface area (Å²) in [5.41, 5.74) is 0.618. The van der Waals surface area contributed by atoms with Crippen LogP contribution in [0, 0.1) is 11.6 Å². The highest BCUT2D eigenvalue weighted by Crippen LogP contribution is 2.26. The van der Waals surface area contributed by atoms with Crippen molar-refractivity contribution in [2.45, 2.75) is 6.61 Å². The third kappa shape index (κ3) is 3.92. The van der Waals surface area contributed by atoms with Crippen LogP contribution < -0.4 is 4.74 Å². The normalized spacial score (nSPS) is 10.3. The molecule has 2 aromatic rings. The van der Waals surface area contributed by atoms with Gasteiger partial charge in [-0.3, -0.25) is 0 Å². The van der Waals surface area contributed by atoms with Crippen LogP contribution in [0.4, 0.5) is 8.78 Å². The lowest BCUT2D eigenvalue weighted by Crippen LogP contribution is -2.02. The molecule has 0 aliphatic rings. The second kappa shape index (κ2) is 6.54. The zero-order valence-corrected chi connectivity index (χ0v) is 11.8. The Bertz CT molecular complexity index is 654. The molecule has 0 radical (unpaired) electrons. The first-order valence-corrected chi connectivity index (χ1v) is 6.33. The lowest BCUT2D eigenvalue weighted by molar-refractivity contribution is 0.0600. The highest BCUT2D eigenvalue weighted by Gasteiger charge is 2.10. The van der Waals surface area contributed by atoms with Gasteiger partial charge in [-0.1, -0.05) is 11.6 Å². The van der Waals surface area contributed by atoms with Gasteiger partial charge in [-0.2, -0.15) is 0 Å². The molecule has 0 N–H and O–H groups in total. The molecule has 6 heteroatoms. The van der Waals surface area contributed by atoms with Gasteiger partial charge in [-0.05, 0) is 35.9 Å². The summed E-state index contributed by atoms with van der Waals surface area (Å²) in [5, 5.41) is 0.203. The Balaban J connectivity index is 2.11. The molecule has 0 aliphatic carbocycles. The van der Waals surface area contributed by atoms with Crippen LogP contribution in [0.1, 0.15) is 15.9 Å². The molecule has 0 aromatic heterocycles. The van der Waals surface area contributed by atoms with Crippen molar-refractivity contribution in [3.8, 4) is 5.75 Å². The summed E-state index contributed by atoms with van der Waals surface area (Å²) in [6.45, 7) is -0.0496. The maximum Gasteiger partial charge on any atom is 0.337 e. The van der Waals surface area contributed by atoms with Crippen molar-refractivity contribution in [3.05, 3.63) is 64.2 Å². The topological polar surface area (TPSA) is 35.5 Å². The molecule has 0 aliphatic heterocycles. The van der Waals surface area contributed by atoms with E-state index < -0.39 is 17.6 Å². The lowest BCUT2D eigenvalue weighted by atomic mass is 10.2. The van der Waals surface area contributed by atoms with E-state index in [9.17, 15) is 13.6 Å². The second-order valence-corrected chi connectivity index (χ2v) is 4.61. The molecule has 3 nitrogen and oxygen atoms in total. The van der Waals surface area contributed by atoms with Crippen LogP contribution in [0.5, 0.6) is 5.75 Å². The van der Waals surface area contributed by atoms with Crippen LogP contribution in [0.2, 0.25) is 5.02 Å². The summed E-state index contributed by atoms with van der Waals surface area (Å²) >= 11 is 5.98. The maximum atomic E-state index is 13.0. The molecule has 0 heterocycles. The van der Waals surface area contributed by atoms with Gasteiger partial charge in [-0.25, -0.2) is 13.6 Å². The Morgan fingerprint density at radius 3 is 2.38 bits per heavy atom. The van der Waals surface area contributed by atoms with Crippen LogP contribution in [0.25, 0.3) is 0 Å². The third-order valence-corrected chi connectivity index (χ3v) is 2.97. The predicted molar refractivity (Wildman–Crippen MR) is 73.5 cm³/mol. The van der Waals surface area contributed by atoms with E-state index in [2.05, 4.69) is 4.74 Å². The minimum Gasteiger partial charge on any atom is -0.487 e. The largest absolute Gasteiger partial charge is 0.487 e. The molecular formula is C15H11ClF2O3. The number of hydrogen-bond donors (Lipinski definition) is 0. The van der Waals surface area contributed by atoms with Crippen LogP contribution >= 0.6 is 11.6 Å². The minimum absolute atomic E-state index is 0.0496. The van der Waals surface area contributed by atoms with Crippen molar-refractivity contribution in [2.75, 3.05) is 7.11 Å². The SMILES string of the molecule is COC(=O)c1ccc(OCc2cc(F)cc(F)c2)c(Cl)c1. The number of methoxy groups -OCH3 is 1.